The number of hydrogen-bond donors (Lipinski definition) is 1. The van der Waals surface area contributed by atoms with Crippen molar-refractivity contribution in [3.8, 4) is 5.75 Å². The number of rotatable bonds is 15. The molecule has 0 aliphatic carbocycles. The van der Waals surface area contributed by atoms with E-state index < -0.39 is 28.5 Å². The fraction of sp³-hybridized carbons (Fsp3) is 0.278. The van der Waals surface area contributed by atoms with Crippen LogP contribution in [0, 0.1) is 6.92 Å². The largest absolute Gasteiger partial charge is 0.494 e. The van der Waals surface area contributed by atoms with E-state index >= 15 is 0 Å². The van der Waals surface area contributed by atoms with Gasteiger partial charge in [0.2, 0.25) is 11.8 Å². The van der Waals surface area contributed by atoms with Gasteiger partial charge in [-0.25, -0.2) is 8.42 Å². The molecule has 0 saturated heterocycles. The molecule has 1 atom stereocenters. The van der Waals surface area contributed by atoms with Gasteiger partial charge in [0.05, 0.1) is 17.2 Å². The Hall–Kier alpha value is -4.05. The van der Waals surface area contributed by atoms with Crippen molar-refractivity contribution in [2.45, 2.75) is 51.1 Å². The fourth-order valence-electron chi connectivity index (χ4n) is 4.99. The van der Waals surface area contributed by atoms with Gasteiger partial charge < -0.3 is 15.0 Å². The molecule has 0 aliphatic rings. The summed E-state index contributed by atoms with van der Waals surface area (Å²) in [5.74, 6) is -0.415. The van der Waals surface area contributed by atoms with Crippen LogP contribution in [0.25, 0.3) is 0 Å². The molecule has 0 bridgehead atoms. The van der Waals surface area contributed by atoms with E-state index in [0.717, 1.165) is 15.4 Å². The zero-order chi connectivity index (χ0) is 34.0. The smallest absolute Gasteiger partial charge is 0.264 e. The molecule has 248 valence electrons. The SMILES string of the molecule is CCCNC(=O)[C@H](Cc1ccccc1)N(Cc1ccc(Cl)cc1Cl)C(=O)CN(c1ccc(C)cc1)S(=O)(=O)c1ccc(OCC)cc1. The van der Waals surface area contributed by atoms with Gasteiger partial charge in [-0.15, -0.1) is 0 Å². The third-order valence-corrected chi connectivity index (χ3v) is 9.87. The number of nitrogens with one attached hydrogen (secondary N) is 1. The number of carbonyl (C=O) groups excluding carboxylic acids is 2. The van der Waals surface area contributed by atoms with E-state index in [-0.39, 0.29) is 23.8 Å². The van der Waals surface area contributed by atoms with Gasteiger partial charge in [0.1, 0.15) is 18.3 Å². The van der Waals surface area contributed by atoms with Gasteiger partial charge in [-0.3, -0.25) is 13.9 Å². The summed E-state index contributed by atoms with van der Waals surface area (Å²) in [7, 11) is -4.25. The second-order valence-corrected chi connectivity index (χ2v) is 13.7. The predicted molar refractivity (Wildman–Crippen MR) is 188 cm³/mol. The molecule has 4 rings (SSSR count). The summed E-state index contributed by atoms with van der Waals surface area (Å²) in [6.45, 7) is 5.88. The highest BCUT2D eigenvalue weighted by atomic mass is 35.5. The van der Waals surface area contributed by atoms with E-state index in [1.54, 1.807) is 54.6 Å². The molecule has 1 N–H and O–H groups in total. The van der Waals surface area contributed by atoms with Gasteiger partial charge in [-0.1, -0.05) is 84.2 Å². The summed E-state index contributed by atoms with van der Waals surface area (Å²) in [5, 5.41) is 3.67. The lowest BCUT2D eigenvalue weighted by Gasteiger charge is -2.34. The maximum atomic E-state index is 14.6. The Morgan fingerprint density at radius 1 is 0.894 bits per heavy atom. The van der Waals surface area contributed by atoms with Crippen LogP contribution in [0.4, 0.5) is 5.69 Å². The molecular weight excluding hydrogens is 657 g/mol. The topological polar surface area (TPSA) is 96.0 Å². The molecule has 4 aromatic carbocycles. The van der Waals surface area contributed by atoms with Crippen LogP contribution in [0.1, 0.15) is 37.0 Å². The lowest BCUT2D eigenvalue weighted by atomic mass is 10.0. The predicted octanol–water partition coefficient (Wildman–Crippen LogP) is 7.06. The monoisotopic (exact) mass is 695 g/mol. The summed E-state index contributed by atoms with van der Waals surface area (Å²) in [5.41, 5.74) is 2.62. The van der Waals surface area contributed by atoms with Crippen molar-refractivity contribution in [3.63, 3.8) is 0 Å². The third-order valence-electron chi connectivity index (χ3n) is 7.50. The number of anilines is 1. The van der Waals surface area contributed by atoms with Crippen LogP contribution in [0.15, 0.2) is 102 Å². The van der Waals surface area contributed by atoms with Crippen molar-refractivity contribution in [3.05, 3.63) is 124 Å². The van der Waals surface area contributed by atoms with Gasteiger partial charge in [-0.2, -0.15) is 0 Å². The minimum Gasteiger partial charge on any atom is -0.494 e. The molecule has 0 radical (unpaired) electrons. The second-order valence-electron chi connectivity index (χ2n) is 11.0. The maximum Gasteiger partial charge on any atom is 0.264 e. The van der Waals surface area contributed by atoms with Crippen LogP contribution in [0.5, 0.6) is 5.75 Å². The lowest BCUT2D eigenvalue weighted by Crippen LogP contribution is -2.53. The van der Waals surface area contributed by atoms with Gasteiger partial charge in [-0.05, 0) is 79.9 Å². The van der Waals surface area contributed by atoms with Crippen LogP contribution in [0.3, 0.4) is 0 Å². The Balaban J connectivity index is 1.80. The van der Waals surface area contributed by atoms with Gasteiger partial charge in [0.15, 0.2) is 0 Å². The number of carbonyl (C=O) groups is 2. The molecule has 0 unspecified atom stereocenters. The van der Waals surface area contributed by atoms with Crippen LogP contribution in [-0.2, 0) is 32.6 Å². The van der Waals surface area contributed by atoms with Gasteiger partial charge in [0.25, 0.3) is 10.0 Å². The summed E-state index contributed by atoms with van der Waals surface area (Å²) >= 11 is 12.7. The molecule has 8 nitrogen and oxygen atoms in total. The highest BCUT2D eigenvalue weighted by Gasteiger charge is 2.35. The zero-order valence-electron chi connectivity index (χ0n) is 26.7. The molecule has 0 heterocycles. The van der Waals surface area contributed by atoms with Crippen molar-refractivity contribution in [2.24, 2.45) is 0 Å². The van der Waals surface area contributed by atoms with Gasteiger partial charge >= 0.3 is 0 Å². The minimum absolute atomic E-state index is 0.0110. The number of aryl methyl sites for hydroxylation is 1. The maximum absolute atomic E-state index is 14.6. The van der Waals surface area contributed by atoms with E-state index in [1.807, 2.05) is 51.1 Å². The van der Waals surface area contributed by atoms with Crippen LogP contribution < -0.4 is 14.4 Å². The first-order valence-corrected chi connectivity index (χ1v) is 17.6. The summed E-state index contributed by atoms with van der Waals surface area (Å²) in [6, 6.07) is 26.2. The van der Waals surface area contributed by atoms with E-state index in [4.69, 9.17) is 27.9 Å². The van der Waals surface area contributed by atoms with Crippen molar-refractivity contribution in [1.82, 2.24) is 10.2 Å². The Bertz CT molecular complexity index is 1750. The number of benzene rings is 4. The molecule has 11 heteroatoms. The minimum atomic E-state index is -4.25. The number of halogens is 2. The van der Waals surface area contributed by atoms with E-state index in [9.17, 15) is 18.0 Å². The van der Waals surface area contributed by atoms with Crippen molar-refractivity contribution < 1.29 is 22.7 Å². The van der Waals surface area contributed by atoms with Crippen LogP contribution in [0.2, 0.25) is 10.0 Å². The average Bonchev–Trinajstić information content (AvgIpc) is 3.06. The normalized spacial score (nSPS) is 11.9. The molecule has 0 fully saturated rings. The van der Waals surface area contributed by atoms with E-state index in [1.165, 1.54) is 17.0 Å². The first kappa shape index (κ1) is 35.8. The highest BCUT2D eigenvalue weighted by Crippen LogP contribution is 2.28. The molecule has 47 heavy (non-hydrogen) atoms. The molecule has 0 aliphatic heterocycles. The lowest BCUT2D eigenvalue weighted by molar-refractivity contribution is -0.140. The van der Waals surface area contributed by atoms with Crippen LogP contribution in [-0.4, -0.2) is 50.9 Å². The third kappa shape index (κ3) is 9.50. The average molecular weight is 697 g/mol. The van der Waals surface area contributed by atoms with Crippen molar-refractivity contribution in [2.75, 3.05) is 24.0 Å². The second kappa shape index (κ2) is 16.7. The molecule has 0 aromatic heterocycles. The molecule has 0 spiro atoms. The summed E-state index contributed by atoms with van der Waals surface area (Å²) in [6.07, 6.45) is 0.895. The molecule has 2 amide bonds. The Labute approximate surface area is 287 Å². The number of hydrogen-bond acceptors (Lipinski definition) is 5. The van der Waals surface area contributed by atoms with Crippen molar-refractivity contribution >= 4 is 50.7 Å². The molecule has 4 aromatic rings. The standard InChI is InChI=1S/C36H39Cl2N3O5S/c1-4-21-39-36(43)34(22-27-9-7-6-8-10-27)40(24-28-13-14-29(37)23-33(28)38)35(42)25-41(30-15-11-26(3)12-16-30)47(44,45)32-19-17-31(18-20-32)46-5-2/h6-20,23,34H,4-5,21-22,24-25H2,1-3H3,(H,39,43)/t34-/m0/s1. The Morgan fingerprint density at radius 3 is 2.19 bits per heavy atom. The van der Waals surface area contributed by atoms with Gasteiger partial charge in [0, 0.05) is 29.6 Å². The first-order valence-electron chi connectivity index (χ1n) is 15.4. The van der Waals surface area contributed by atoms with Crippen LogP contribution >= 0.6 is 23.2 Å². The van der Waals surface area contributed by atoms with Crippen molar-refractivity contribution in [1.29, 1.82) is 0 Å². The number of ether oxygens (including phenoxy) is 1. The molecule has 0 saturated carbocycles. The highest BCUT2D eigenvalue weighted by molar-refractivity contribution is 7.92. The quantitative estimate of drug-likeness (QED) is 0.144. The fourth-order valence-corrected chi connectivity index (χ4v) is 6.88. The molecular formula is C36H39Cl2N3O5S. The Kier molecular flexibility index (Phi) is 12.7. The zero-order valence-corrected chi connectivity index (χ0v) is 29.0. The van der Waals surface area contributed by atoms with E-state index in [2.05, 4.69) is 5.32 Å². The summed E-state index contributed by atoms with van der Waals surface area (Å²) in [4.78, 5) is 29.7. The number of amides is 2. The first-order chi connectivity index (χ1) is 22.5. The summed E-state index contributed by atoms with van der Waals surface area (Å²) < 4.78 is 35.0. The Morgan fingerprint density at radius 2 is 1.57 bits per heavy atom. The number of sulfonamides is 1. The van der Waals surface area contributed by atoms with E-state index in [0.29, 0.717) is 46.6 Å². The number of nitrogens with zero attached hydrogens (tertiary/aromatic N) is 2.